The van der Waals surface area contributed by atoms with Gasteiger partial charge in [0.2, 0.25) is 0 Å². The molecule has 178 valence electrons. The number of hydrogen-bond donors (Lipinski definition) is 0. The van der Waals surface area contributed by atoms with Gasteiger partial charge in [-0.1, -0.05) is 48.6 Å². The molecule has 0 bridgehead atoms. The standard InChI is InChI=1S/C29H29N3O3/c1-5-31(19-20(3)4)28(33)22-13-15-25(16-14-22)32-27(18-26(30-32)29(34)35-6-2)24-12-11-21-9-7-8-10-23(21)17-24/h7-18H,3,5-6,19H2,1-2,4H3. The van der Waals surface area contributed by atoms with Crippen LogP contribution in [0.15, 0.2) is 84.9 Å². The predicted octanol–water partition coefficient (Wildman–Crippen LogP) is 5.91. The van der Waals surface area contributed by atoms with Crippen LogP contribution >= 0.6 is 0 Å². The van der Waals surface area contributed by atoms with Gasteiger partial charge in [0.05, 0.1) is 18.0 Å². The zero-order chi connectivity index (χ0) is 24.9. The molecule has 0 aliphatic rings. The fourth-order valence-electron chi connectivity index (χ4n) is 4.02. The Hall–Kier alpha value is -4.19. The van der Waals surface area contributed by atoms with Crippen LogP contribution in [0.5, 0.6) is 0 Å². The number of hydrogen-bond acceptors (Lipinski definition) is 4. The lowest BCUT2D eigenvalue weighted by atomic mass is 10.0. The zero-order valence-corrected chi connectivity index (χ0v) is 20.3. The number of rotatable bonds is 8. The number of aromatic nitrogens is 2. The van der Waals surface area contributed by atoms with Crippen molar-refractivity contribution in [3.63, 3.8) is 0 Å². The summed E-state index contributed by atoms with van der Waals surface area (Å²) in [6.45, 7) is 10.9. The summed E-state index contributed by atoms with van der Waals surface area (Å²) in [5.74, 6) is -0.525. The first-order chi connectivity index (χ1) is 16.9. The number of esters is 1. The summed E-state index contributed by atoms with van der Waals surface area (Å²) in [5, 5.41) is 6.78. The maximum atomic E-state index is 12.9. The first-order valence-corrected chi connectivity index (χ1v) is 11.7. The Morgan fingerprint density at radius 3 is 2.34 bits per heavy atom. The maximum Gasteiger partial charge on any atom is 0.358 e. The summed E-state index contributed by atoms with van der Waals surface area (Å²) < 4.78 is 6.91. The van der Waals surface area contributed by atoms with Gasteiger partial charge in [0.15, 0.2) is 5.69 Å². The molecule has 0 aliphatic heterocycles. The normalized spacial score (nSPS) is 10.8. The molecule has 0 atom stereocenters. The highest BCUT2D eigenvalue weighted by molar-refractivity contribution is 5.95. The van der Waals surface area contributed by atoms with Gasteiger partial charge in [0, 0.05) is 24.2 Å². The predicted molar refractivity (Wildman–Crippen MR) is 139 cm³/mol. The van der Waals surface area contributed by atoms with Gasteiger partial charge in [-0.2, -0.15) is 5.10 Å². The molecule has 6 nitrogen and oxygen atoms in total. The van der Waals surface area contributed by atoms with Crippen molar-refractivity contribution in [1.82, 2.24) is 14.7 Å². The number of likely N-dealkylation sites (N-methyl/N-ethyl adjacent to an activating group) is 1. The highest BCUT2D eigenvalue weighted by Gasteiger charge is 2.19. The summed E-state index contributed by atoms with van der Waals surface area (Å²) in [5.41, 5.74) is 4.17. The van der Waals surface area contributed by atoms with Crippen molar-refractivity contribution in [3.05, 3.63) is 96.2 Å². The zero-order valence-electron chi connectivity index (χ0n) is 20.3. The van der Waals surface area contributed by atoms with E-state index in [-0.39, 0.29) is 18.2 Å². The molecule has 4 aromatic rings. The van der Waals surface area contributed by atoms with Crippen molar-refractivity contribution in [2.75, 3.05) is 19.7 Å². The van der Waals surface area contributed by atoms with Gasteiger partial charge in [-0.25, -0.2) is 9.48 Å². The van der Waals surface area contributed by atoms with E-state index in [1.807, 2.05) is 44.2 Å². The van der Waals surface area contributed by atoms with E-state index in [0.29, 0.717) is 18.7 Å². The second kappa shape index (κ2) is 10.4. The third-order valence-corrected chi connectivity index (χ3v) is 5.73. The number of fused-ring (bicyclic) bond motifs is 1. The summed E-state index contributed by atoms with van der Waals surface area (Å²) in [7, 11) is 0. The van der Waals surface area contributed by atoms with E-state index >= 15 is 0 Å². The van der Waals surface area contributed by atoms with Crippen molar-refractivity contribution in [1.29, 1.82) is 0 Å². The third kappa shape index (κ3) is 5.17. The Kier molecular flexibility index (Phi) is 7.11. The monoisotopic (exact) mass is 467 g/mol. The molecule has 3 aromatic carbocycles. The molecule has 0 radical (unpaired) electrons. The van der Waals surface area contributed by atoms with Crippen molar-refractivity contribution in [3.8, 4) is 16.9 Å². The number of carbonyl (C=O) groups excluding carboxylic acids is 2. The smallest absolute Gasteiger partial charge is 0.358 e. The molecule has 4 rings (SSSR count). The van der Waals surface area contributed by atoms with E-state index in [1.54, 1.807) is 34.7 Å². The molecule has 35 heavy (non-hydrogen) atoms. The molecular weight excluding hydrogens is 438 g/mol. The van der Waals surface area contributed by atoms with Crippen LogP contribution in [0.3, 0.4) is 0 Å². The summed E-state index contributed by atoms with van der Waals surface area (Å²) >= 11 is 0. The Bertz CT molecular complexity index is 1390. The van der Waals surface area contributed by atoms with Crippen LogP contribution in [0.1, 0.15) is 41.6 Å². The number of benzene rings is 3. The average Bonchev–Trinajstić information content (AvgIpc) is 3.32. The van der Waals surface area contributed by atoms with Gasteiger partial charge >= 0.3 is 5.97 Å². The van der Waals surface area contributed by atoms with Crippen LogP contribution in [0, 0.1) is 0 Å². The van der Waals surface area contributed by atoms with Crippen LogP contribution in [-0.4, -0.2) is 46.3 Å². The Morgan fingerprint density at radius 2 is 1.69 bits per heavy atom. The second-order valence-corrected chi connectivity index (χ2v) is 8.43. The summed E-state index contributed by atoms with van der Waals surface area (Å²) in [4.78, 5) is 27.2. The van der Waals surface area contributed by atoms with Crippen molar-refractivity contribution >= 4 is 22.6 Å². The summed E-state index contributed by atoms with van der Waals surface area (Å²) in [6, 6.07) is 23.3. The van der Waals surface area contributed by atoms with Crippen LogP contribution in [0.25, 0.3) is 27.7 Å². The largest absolute Gasteiger partial charge is 0.461 e. The van der Waals surface area contributed by atoms with E-state index in [1.165, 1.54) is 0 Å². The lowest BCUT2D eigenvalue weighted by Gasteiger charge is -2.21. The van der Waals surface area contributed by atoms with Gasteiger partial charge in [0.25, 0.3) is 5.91 Å². The molecule has 0 aliphatic carbocycles. The SMILES string of the molecule is C=C(C)CN(CC)C(=O)c1ccc(-n2nc(C(=O)OCC)cc2-c2ccc3ccccc3c2)cc1. The second-order valence-electron chi connectivity index (χ2n) is 8.43. The number of nitrogens with zero attached hydrogens (tertiary/aromatic N) is 3. The molecule has 0 unspecified atom stereocenters. The number of amides is 1. The highest BCUT2D eigenvalue weighted by atomic mass is 16.5. The number of carbonyl (C=O) groups is 2. The van der Waals surface area contributed by atoms with Crippen molar-refractivity contribution < 1.29 is 14.3 Å². The molecule has 1 aromatic heterocycles. The van der Waals surface area contributed by atoms with Gasteiger partial charge in [-0.3, -0.25) is 4.79 Å². The van der Waals surface area contributed by atoms with Gasteiger partial charge in [-0.05, 0) is 67.9 Å². The Morgan fingerprint density at radius 1 is 0.971 bits per heavy atom. The number of ether oxygens (including phenoxy) is 1. The van der Waals surface area contributed by atoms with Crippen LogP contribution in [0.4, 0.5) is 0 Å². The fraction of sp³-hybridized carbons (Fsp3) is 0.207. The van der Waals surface area contributed by atoms with Crippen LogP contribution in [-0.2, 0) is 4.74 Å². The highest BCUT2D eigenvalue weighted by Crippen LogP contribution is 2.28. The molecule has 0 spiro atoms. The molecular formula is C29H29N3O3. The molecule has 0 saturated heterocycles. The van der Waals surface area contributed by atoms with Crippen LogP contribution < -0.4 is 0 Å². The lowest BCUT2D eigenvalue weighted by Crippen LogP contribution is -2.32. The molecule has 0 saturated carbocycles. The van der Waals surface area contributed by atoms with Crippen LogP contribution in [0.2, 0.25) is 0 Å². The molecule has 6 heteroatoms. The molecule has 0 fully saturated rings. The minimum Gasteiger partial charge on any atom is -0.461 e. The van der Waals surface area contributed by atoms with Gasteiger partial charge in [0.1, 0.15) is 0 Å². The lowest BCUT2D eigenvalue weighted by molar-refractivity contribution is 0.0518. The Labute approximate surface area is 205 Å². The molecule has 1 amide bonds. The van der Waals surface area contributed by atoms with Crippen molar-refractivity contribution in [2.45, 2.75) is 20.8 Å². The third-order valence-electron chi connectivity index (χ3n) is 5.73. The van der Waals surface area contributed by atoms with E-state index in [4.69, 9.17) is 4.74 Å². The van der Waals surface area contributed by atoms with E-state index in [9.17, 15) is 9.59 Å². The maximum absolute atomic E-state index is 12.9. The fourth-order valence-corrected chi connectivity index (χ4v) is 4.02. The topological polar surface area (TPSA) is 64.4 Å². The van der Waals surface area contributed by atoms with Gasteiger partial charge in [-0.15, -0.1) is 0 Å². The Balaban J connectivity index is 1.74. The molecule has 0 N–H and O–H groups in total. The van der Waals surface area contributed by atoms with Crippen molar-refractivity contribution in [2.24, 2.45) is 0 Å². The first-order valence-electron chi connectivity index (χ1n) is 11.7. The summed E-state index contributed by atoms with van der Waals surface area (Å²) in [6.07, 6.45) is 0. The average molecular weight is 468 g/mol. The van der Waals surface area contributed by atoms with E-state index < -0.39 is 5.97 Å². The van der Waals surface area contributed by atoms with Gasteiger partial charge < -0.3 is 9.64 Å². The molecule has 1 heterocycles. The minimum absolute atomic E-state index is 0.0514. The van der Waals surface area contributed by atoms with E-state index in [0.717, 1.165) is 33.3 Å². The minimum atomic E-state index is -0.474. The first kappa shape index (κ1) is 24.0. The quantitative estimate of drug-likeness (QED) is 0.239. The van der Waals surface area contributed by atoms with E-state index in [2.05, 4.69) is 35.9 Å².